The number of anilines is 1. The van der Waals surface area contributed by atoms with Crippen molar-refractivity contribution in [3.05, 3.63) is 54.0 Å². The number of nitrogens with one attached hydrogen (secondary N) is 1. The predicted molar refractivity (Wildman–Crippen MR) is 95.4 cm³/mol. The second-order valence-corrected chi connectivity index (χ2v) is 6.13. The predicted octanol–water partition coefficient (Wildman–Crippen LogP) is 1.94. The zero-order valence-electron chi connectivity index (χ0n) is 14.5. The molecule has 1 saturated heterocycles. The van der Waals surface area contributed by atoms with E-state index in [1.54, 1.807) is 41.3 Å². The van der Waals surface area contributed by atoms with E-state index in [-0.39, 0.29) is 17.9 Å². The Morgan fingerprint density at radius 1 is 1.15 bits per heavy atom. The lowest BCUT2D eigenvalue weighted by molar-refractivity contribution is -0.121. The fraction of sp³-hybridized carbons (Fsp3) is 0.316. The Bertz CT molecular complexity index is 818. The van der Waals surface area contributed by atoms with Crippen LogP contribution in [0.15, 0.2) is 47.1 Å². The monoisotopic (exact) mass is 352 g/mol. The van der Waals surface area contributed by atoms with Crippen LogP contribution in [-0.4, -0.2) is 53.8 Å². The maximum atomic E-state index is 12.5. The first-order valence-electron chi connectivity index (χ1n) is 8.47. The summed E-state index contributed by atoms with van der Waals surface area (Å²) in [6.45, 7) is 4.09. The number of amides is 2. The quantitative estimate of drug-likeness (QED) is 0.908. The van der Waals surface area contributed by atoms with Gasteiger partial charge in [-0.2, -0.15) is 5.26 Å². The number of carbonyl (C=O) groups is 2. The van der Waals surface area contributed by atoms with Crippen molar-refractivity contribution < 1.29 is 14.0 Å². The third-order valence-electron chi connectivity index (χ3n) is 4.57. The van der Waals surface area contributed by atoms with Gasteiger partial charge in [0.05, 0.1) is 23.6 Å². The molecule has 0 aliphatic carbocycles. The summed E-state index contributed by atoms with van der Waals surface area (Å²) in [6.07, 6.45) is 1.48. The van der Waals surface area contributed by atoms with E-state index < -0.39 is 0 Å². The number of hydrogen-bond donors (Lipinski definition) is 1. The molecule has 0 spiro atoms. The lowest BCUT2D eigenvalue weighted by atomic mass is 10.1. The Balaban J connectivity index is 1.56. The van der Waals surface area contributed by atoms with Crippen LogP contribution in [0.3, 0.4) is 0 Å². The highest BCUT2D eigenvalue weighted by molar-refractivity contribution is 5.95. The molecule has 7 nitrogen and oxygen atoms in total. The molecule has 1 unspecified atom stereocenters. The normalized spacial score (nSPS) is 15.9. The standard InChI is InChI=1S/C19H20N4O3/c1-14(18(24)21-16-6-3-2-5-15(16)13-20)22-8-10-23(11-9-22)19(25)17-7-4-12-26-17/h2-7,12,14H,8-11H2,1H3,(H,21,24). The van der Waals surface area contributed by atoms with E-state index in [9.17, 15) is 9.59 Å². The molecule has 1 aliphatic rings. The van der Waals surface area contributed by atoms with Gasteiger partial charge in [-0.3, -0.25) is 14.5 Å². The molecule has 2 amide bonds. The van der Waals surface area contributed by atoms with Gasteiger partial charge in [0.2, 0.25) is 5.91 Å². The minimum Gasteiger partial charge on any atom is -0.459 e. The highest BCUT2D eigenvalue weighted by atomic mass is 16.3. The van der Waals surface area contributed by atoms with Crippen molar-refractivity contribution in [2.75, 3.05) is 31.5 Å². The molecule has 134 valence electrons. The van der Waals surface area contributed by atoms with Crippen LogP contribution >= 0.6 is 0 Å². The minimum absolute atomic E-state index is 0.130. The van der Waals surface area contributed by atoms with Gasteiger partial charge in [0.25, 0.3) is 5.91 Å². The molecule has 1 fully saturated rings. The summed E-state index contributed by atoms with van der Waals surface area (Å²) < 4.78 is 5.15. The molecule has 3 rings (SSSR count). The van der Waals surface area contributed by atoms with Gasteiger partial charge in [0, 0.05) is 26.2 Å². The topological polar surface area (TPSA) is 89.6 Å². The van der Waals surface area contributed by atoms with Gasteiger partial charge in [0.1, 0.15) is 6.07 Å². The first-order valence-corrected chi connectivity index (χ1v) is 8.47. The minimum atomic E-state index is -0.359. The highest BCUT2D eigenvalue weighted by Gasteiger charge is 2.28. The molecule has 2 heterocycles. The maximum Gasteiger partial charge on any atom is 0.289 e. The zero-order chi connectivity index (χ0) is 18.5. The Kier molecular flexibility index (Phi) is 5.34. The highest BCUT2D eigenvalue weighted by Crippen LogP contribution is 2.16. The molecule has 1 aromatic carbocycles. The van der Waals surface area contributed by atoms with Crippen LogP contribution in [0.25, 0.3) is 0 Å². The molecule has 1 N–H and O–H groups in total. The summed E-state index contributed by atoms with van der Waals surface area (Å²) in [5, 5.41) is 11.9. The molecule has 1 aromatic heterocycles. The number of nitrogens with zero attached hydrogens (tertiary/aromatic N) is 3. The van der Waals surface area contributed by atoms with E-state index in [0.29, 0.717) is 43.2 Å². The van der Waals surface area contributed by atoms with Crippen molar-refractivity contribution in [3.63, 3.8) is 0 Å². The summed E-state index contributed by atoms with van der Waals surface area (Å²) >= 11 is 0. The lowest BCUT2D eigenvalue weighted by Crippen LogP contribution is -2.54. The molecule has 1 aliphatic heterocycles. The summed E-state index contributed by atoms with van der Waals surface area (Å²) in [6, 6.07) is 12.0. The third-order valence-corrected chi connectivity index (χ3v) is 4.57. The van der Waals surface area contributed by atoms with Gasteiger partial charge in [-0.1, -0.05) is 12.1 Å². The molecular weight excluding hydrogens is 332 g/mol. The molecule has 26 heavy (non-hydrogen) atoms. The Morgan fingerprint density at radius 3 is 2.54 bits per heavy atom. The van der Waals surface area contributed by atoms with Crippen molar-refractivity contribution in [1.29, 1.82) is 5.26 Å². The number of rotatable bonds is 4. The molecule has 0 saturated carbocycles. The number of hydrogen-bond acceptors (Lipinski definition) is 5. The van der Waals surface area contributed by atoms with E-state index in [4.69, 9.17) is 9.68 Å². The van der Waals surface area contributed by atoms with Crippen LogP contribution in [0.1, 0.15) is 23.0 Å². The van der Waals surface area contributed by atoms with E-state index >= 15 is 0 Å². The van der Waals surface area contributed by atoms with E-state index in [1.165, 1.54) is 6.26 Å². The first kappa shape index (κ1) is 17.7. The second kappa shape index (κ2) is 7.85. The number of carbonyl (C=O) groups excluding carboxylic acids is 2. The molecule has 7 heteroatoms. The van der Waals surface area contributed by atoms with Crippen molar-refractivity contribution in [1.82, 2.24) is 9.80 Å². The van der Waals surface area contributed by atoms with Crippen molar-refractivity contribution in [3.8, 4) is 6.07 Å². The van der Waals surface area contributed by atoms with Gasteiger partial charge in [-0.15, -0.1) is 0 Å². The number of para-hydroxylation sites is 1. The van der Waals surface area contributed by atoms with E-state index in [2.05, 4.69) is 11.4 Å². The van der Waals surface area contributed by atoms with Crippen LogP contribution in [0.4, 0.5) is 5.69 Å². The van der Waals surface area contributed by atoms with Crippen molar-refractivity contribution in [2.24, 2.45) is 0 Å². The molecule has 0 bridgehead atoms. The number of nitriles is 1. The molecule has 0 radical (unpaired) electrons. The molecular formula is C19H20N4O3. The van der Waals surface area contributed by atoms with Gasteiger partial charge < -0.3 is 14.6 Å². The summed E-state index contributed by atoms with van der Waals surface area (Å²) in [5.41, 5.74) is 0.945. The average Bonchev–Trinajstić information content (AvgIpc) is 3.22. The van der Waals surface area contributed by atoms with Gasteiger partial charge in [0.15, 0.2) is 5.76 Å². The van der Waals surface area contributed by atoms with Gasteiger partial charge in [-0.25, -0.2) is 0 Å². The first-order chi connectivity index (χ1) is 12.6. The summed E-state index contributed by atoms with van der Waals surface area (Å²) in [7, 11) is 0. The van der Waals surface area contributed by atoms with E-state index in [0.717, 1.165) is 0 Å². The van der Waals surface area contributed by atoms with Crippen LogP contribution in [0.2, 0.25) is 0 Å². The Morgan fingerprint density at radius 2 is 1.88 bits per heavy atom. The fourth-order valence-electron chi connectivity index (χ4n) is 2.96. The fourth-order valence-corrected chi connectivity index (χ4v) is 2.96. The van der Waals surface area contributed by atoms with Gasteiger partial charge >= 0.3 is 0 Å². The van der Waals surface area contributed by atoms with Crippen LogP contribution in [-0.2, 0) is 4.79 Å². The zero-order valence-corrected chi connectivity index (χ0v) is 14.5. The summed E-state index contributed by atoms with van der Waals surface area (Å²) in [5.74, 6) is 0.0329. The van der Waals surface area contributed by atoms with Crippen LogP contribution < -0.4 is 5.32 Å². The average molecular weight is 352 g/mol. The number of piperazine rings is 1. The Hall–Kier alpha value is -3.11. The Labute approximate surface area is 151 Å². The van der Waals surface area contributed by atoms with Crippen LogP contribution in [0.5, 0.6) is 0 Å². The maximum absolute atomic E-state index is 12.5. The number of furan rings is 1. The molecule has 1 atom stereocenters. The number of benzene rings is 1. The molecule has 2 aromatic rings. The van der Waals surface area contributed by atoms with Crippen molar-refractivity contribution in [2.45, 2.75) is 13.0 Å². The largest absolute Gasteiger partial charge is 0.459 e. The second-order valence-electron chi connectivity index (χ2n) is 6.13. The van der Waals surface area contributed by atoms with Crippen LogP contribution in [0, 0.1) is 11.3 Å². The third kappa shape index (κ3) is 3.76. The van der Waals surface area contributed by atoms with E-state index in [1.807, 2.05) is 11.8 Å². The van der Waals surface area contributed by atoms with Crippen molar-refractivity contribution >= 4 is 17.5 Å². The smallest absolute Gasteiger partial charge is 0.289 e. The SMILES string of the molecule is CC(C(=O)Nc1ccccc1C#N)N1CCN(C(=O)c2ccco2)CC1. The lowest BCUT2D eigenvalue weighted by Gasteiger charge is -2.37. The van der Waals surface area contributed by atoms with Gasteiger partial charge in [-0.05, 0) is 31.2 Å². The summed E-state index contributed by atoms with van der Waals surface area (Å²) in [4.78, 5) is 28.6.